The second-order valence-electron chi connectivity index (χ2n) is 9.53. The van der Waals surface area contributed by atoms with E-state index in [9.17, 15) is 22.0 Å². The van der Waals surface area contributed by atoms with E-state index < -0.39 is 34.5 Å². The van der Waals surface area contributed by atoms with Crippen molar-refractivity contribution in [2.24, 2.45) is 5.92 Å². The Labute approximate surface area is 257 Å². The lowest BCUT2D eigenvalue weighted by Crippen LogP contribution is -2.26. The largest absolute Gasteiger partial charge is 0.493 e. The van der Waals surface area contributed by atoms with Crippen LogP contribution in [-0.4, -0.2) is 52.6 Å². The van der Waals surface area contributed by atoms with Gasteiger partial charge in [-0.15, -0.1) is 0 Å². The third-order valence-electron chi connectivity index (χ3n) is 6.31. The first kappa shape index (κ1) is 32.4. The molecule has 1 saturated carbocycles. The molecule has 0 spiro atoms. The highest BCUT2D eigenvalue weighted by Gasteiger charge is 2.27. The molecule has 1 aromatic heterocycles. The number of anilines is 1. The van der Waals surface area contributed by atoms with Gasteiger partial charge in [0.05, 0.1) is 36.6 Å². The predicted molar refractivity (Wildman–Crippen MR) is 155 cm³/mol. The number of hydrogen-bond donors (Lipinski definition) is 1. The maximum Gasteiger partial charge on any atom is 0.387 e. The number of methoxy groups -OCH3 is 2. The van der Waals surface area contributed by atoms with Gasteiger partial charge in [-0.05, 0) is 54.2 Å². The first-order valence-electron chi connectivity index (χ1n) is 12.9. The van der Waals surface area contributed by atoms with Gasteiger partial charge in [-0.2, -0.15) is 8.78 Å². The fraction of sp³-hybridized carbons (Fsp3) is 0.357. The highest BCUT2D eigenvalue weighted by Crippen LogP contribution is 2.38. The number of hydrogen-bond acceptors (Lipinski definition) is 9. The number of aromatic nitrogens is 1. The quantitative estimate of drug-likeness (QED) is 0.194. The number of nitrogens with zero attached hydrogens (tertiary/aromatic N) is 1. The summed E-state index contributed by atoms with van der Waals surface area (Å²) in [6.07, 6.45) is 3.37. The van der Waals surface area contributed by atoms with E-state index in [4.69, 9.17) is 42.1 Å². The van der Waals surface area contributed by atoms with Gasteiger partial charge in [-0.1, -0.05) is 29.3 Å². The van der Waals surface area contributed by atoms with Gasteiger partial charge in [0.1, 0.15) is 6.10 Å². The van der Waals surface area contributed by atoms with Crippen LogP contribution < -0.4 is 23.7 Å². The van der Waals surface area contributed by atoms with Crippen LogP contribution in [0.2, 0.25) is 10.0 Å². The van der Waals surface area contributed by atoms with E-state index in [0.717, 1.165) is 12.8 Å². The Morgan fingerprint density at radius 1 is 1.00 bits per heavy atom. The van der Waals surface area contributed by atoms with Gasteiger partial charge >= 0.3 is 12.6 Å². The van der Waals surface area contributed by atoms with Gasteiger partial charge in [-0.3, -0.25) is 14.5 Å². The van der Waals surface area contributed by atoms with Crippen LogP contribution in [0.4, 0.5) is 14.5 Å². The number of esters is 1. The third kappa shape index (κ3) is 9.22. The van der Waals surface area contributed by atoms with Crippen LogP contribution in [0.3, 0.4) is 0 Å². The topological polar surface area (TPSA) is 122 Å². The Kier molecular flexibility index (Phi) is 10.7. The van der Waals surface area contributed by atoms with Crippen LogP contribution in [0.1, 0.15) is 30.1 Å². The van der Waals surface area contributed by atoms with Crippen molar-refractivity contribution in [2.75, 3.05) is 31.3 Å². The highest BCUT2D eigenvalue weighted by molar-refractivity contribution is 7.93. The molecule has 1 aliphatic rings. The number of ether oxygens (including phenoxy) is 5. The minimum atomic E-state index is -4.25. The Hall–Kier alpha value is -3.55. The van der Waals surface area contributed by atoms with Crippen LogP contribution in [0.25, 0.3) is 0 Å². The molecule has 15 heteroatoms. The second kappa shape index (κ2) is 14.3. The molecule has 0 unspecified atom stereocenters. The van der Waals surface area contributed by atoms with Crippen molar-refractivity contribution < 1.29 is 45.7 Å². The van der Waals surface area contributed by atoms with Crippen molar-refractivity contribution in [3.8, 4) is 23.0 Å². The maximum atomic E-state index is 13.1. The molecule has 0 amide bonds. The molecule has 10 nitrogen and oxygen atoms in total. The monoisotopic (exact) mass is 660 g/mol. The summed E-state index contributed by atoms with van der Waals surface area (Å²) in [4.78, 5) is 16.9. The summed E-state index contributed by atoms with van der Waals surface area (Å²) in [7, 11) is -1.42. The van der Waals surface area contributed by atoms with Crippen molar-refractivity contribution in [3.63, 3.8) is 0 Å². The zero-order valence-electron chi connectivity index (χ0n) is 23.0. The zero-order chi connectivity index (χ0) is 31.1. The molecule has 1 heterocycles. The molecule has 0 saturated heterocycles. The lowest BCUT2D eigenvalue weighted by molar-refractivity contribution is -0.146. The molecule has 0 aliphatic heterocycles. The number of pyridine rings is 1. The fourth-order valence-electron chi connectivity index (χ4n) is 4.03. The van der Waals surface area contributed by atoms with Gasteiger partial charge in [0, 0.05) is 24.9 Å². The van der Waals surface area contributed by atoms with E-state index in [1.54, 1.807) is 0 Å². The van der Waals surface area contributed by atoms with E-state index >= 15 is 0 Å². The first-order valence-corrected chi connectivity index (χ1v) is 15.3. The molecule has 1 aliphatic carbocycles. The standard InChI is InChI=1S/C28H28Cl2F2N2O8S/c1-38-22-8-6-18(10-25(22)39-2)34-43(36,37)15-27(35)41-24(11-19-20(29)12-33-13-21(19)30)17-5-7-23(42-28(31)32)26(9-17)40-14-16-3-4-16/h5-10,12-13,16,24,28,34H,3-4,11,14-15H2,1-2H3/t24-/m0/s1. The van der Waals surface area contributed by atoms with Crippen LogP contribution in [0.5, 0.6) is 23.0 Å². The van der Waals surface area contributed by atoms with Crippen molar-refractivity contribution in [2.45, 2.75) is 32.0 Å². The molecule has 4 rings (SSSR count). The van der Waals surface area contributed by atoms with Gasteiger partial charge < -0.3 is 23.7 Å². The van der Waals surface area contributed by atoms with Crippen LogP contribution in [0.15, 0.2) is 48.8 Å². The highest BCUT2D eigenvalue weighted by atomic mass is 35.5. The Balaban J connectivity index is 1.59. The molecular weight excluding hydrogens is 633 g/mol. The molecule has 2 aromatic carbocycles. The summed E-state index contributed by atoms with van der Waals surface area (Å²) in [6.45, 7) is -2.81. The number of carbonyl (C=O) groups excluding carboxylic acids is 1. The molecule has 3 aromatic rings. The fourth-order valence-corrected chi connectivity index (χ4v) is 5.49. The zero-order valence-corrected chi connectivity index (χ0v) is 25.3. The minimum absolute atomic E-state index is 0.0143. The number of sulfonamides is 1. The van der Waals surface area contributed by atoms with Crippen LogP contribution in [0, 0.1) is 5.92 Å². The van der Waals surface area contributed by atoms with E-state index in [-0.39, 0.29) is 46.0 Å². The lowest BCUT2D eigenvalue weighted by atomic mass is 10.0. The number of carbonyl (C=O) groups is 1. The van der Waals surface area contributed by atoms with Crippen LogP contribution >= 0.6 is 23.2 Å². The summed E-state index contributed by atoms with van der Waals surface area (Å²) in [5.74, 6) is -1.39. The van der Waals surface area contributed by atoms with E-state index in [1.165, 1.54) is 63.0 Å². The molecule has 1 fully saturated rings. The SMILES string of the molecule is COc1ccc(NS(=O)(=O)CC(=O)O[C@@H](Cc2c(Cl)cncc2Cl)c2ccc(OC(F)F)c(OCC3CC3)c2)cc1OC. The van der Waals surface area contributed by atoms with Gasteiger partial charge in [0.25, 0.3) is 0 Å². The van der Waals surface area contributed by atoms with Crippen molar-refractivity contribution >= 4 is 44.9 Å². The second-order valence-corrected chi connectivity index (χ2v) is 12.1. The smallest absolute Gasteiger partial charge is 0.387 e. The minimum Gasteiger partial charge on any atom is -0.493 e. The molecule has 1 atom stereocenters. The van der Waals surface area contributed by atoms with Crippen molar-refractivity contribution in [1.29, 1.82) is 0 Å². The number of benzene rings is 2. The summed E-state index contributed by atoms with van der Waals surface area (Å²) in [5.41, 5.74) is 0.801. The maximum absolute atomic E-state index is 13.1. The normalized spacial score (nSPS) is 13.7. The first-order chi connectivity index (χ1) is 20.5. The average molecular weight is 662 g/mol. The molecule has 0 bridgehead atoms. The van der Waals surface area contributed by atoms with Crippen molar-refractivity contribution in [3.05, 3.63) is 70.0 Å². The summed E-state index contributed by atoms with van der Waals surface area (Å²) >= 11 is 12.6. The number of alkyl halides is 2. The predicted octanol–water partition coefficient (Wildman–Crippen LogP) is 6.06. The van der Waals surface area contributed by atoms with Crippen molar-refractivity contribution in [1.82, 2.24) is 4.98 Å². The molecule has 1 N–H and O–H groups in total. The Morgan fingerprint density at radius 2 is 1.67 bits per heavy atom. The Bertz CT molecular complexity index is 1540. The van der Waals surface area contributed by atoms with Gasteiger partial charge in [-0.25, -0.2) is 8.42 Å². The third-order valence-corrected chi connectivity index (χ3v) is 8.12. The van der Waals surface area contributed by atoms with E-state index in [0.29, 0.717) is 22.8 Å². The van der Waals surface area contributed by atoms with E-state index in [2.05, 4.69) is 14.4 Å². The lowest BCUT2D eigenvalue weighted by Gasteiger charge is -2.21. The van der Waals surface area contributed by atoms with Gasteiger partial charge in [0.15, 0.2) is 28.8 Å². The summed E-state index contributed by atoms with van der Waals surface area (Å²) in [5, 5.41) is 0.360. The number of nitrogens with one attached hydrogen (secondary N) is 1. The molecule has 0 radical (unpaired) electrons. The summed E-state index contributed by atoms with van der Waals surface area (Å²) < 4.78 is 80.5. The molecule has 232 valence electrons. The van der Waals surface area contributed by atoms with Crippen LogP contribution in [-0.2, 0) is 26.0 Å². The Morgan fingerprint density at radius 3 is 2.30 bits per heavy atom. The average Bonchev–Trinajstić information content (AvgIpc) is 3.77. The number of halogens is 4. The summed E-state index contributed by atoms with van der Waals surface area (Å²) in [6, 6.07) is 8.39. The molecule has 43 heavy (non-hydrogen) atoms. The van der Waals surface area contributed by atoms with E-state index in [1.807, 2.05) is 0 Å². The number of rotatable bonds is 15. The van der Waals surface area contributed by atoms with Gasteiger partial charge in [0.2, 0.25) is 10.0 Å². The molecular formula is C28H28Cl2F2N2O8S.